The van der Waals surface area contributed by atoms with Crippen LogP contribution >= 0.6 is 0 Å². The van der Waals surface area contributed by atoms with Crippen molar-refractivity contribution in [3.8, 4) is 11.4 Å². The molecule has 0 unspecified atom stereocenters. The van der Waals surface area contributed by atoms with Crippen LogP contribution in [0.5, 0.6) is 0 Å². The fourth-order valence-corrected chi connectivity index (χ4v) is 4.12. The number of aromatic nitrogens is 4. The molecule has 6 aromatic rings. The minimum atomic E-state index is 0.657. The van der Waals surface area contributed by atoms with Gasteiger partial charge in [0.1, 0.15) is 11.0 Å². The van der Waals surface area contributed by atoms with E-state index in [1.807, 2.05) is 91.9 Å². The summed E-state index contributed by atoms with van der Waals surface area (Å²) in [4.78, 5) is 19.6. The van der Waals surface area contributed by atoms with Crippen molar-refractivity contribution in [3.05, 3.63) is 90.6 Å². The summed E-state index contributed by atoms with van der Waals surface area (Å²) in [6.45, 7) is 1.99. The van der Waals surface area contributed by atoms with Crippen LogP contribution in [0.2, 0.25) is 0 Å². The van der Waals surface area contributed by atoms with Gasteiger partial charge in [0.05, 0.1) is 44.7 Å². The Kier molecular flexibility index (Phi) is 4.36. The third-order valence-corrected chi connectivity index (χ3v) is 5.72. The Bertz CT molecular complexity index is 1660. The average Bonchev–Trinajstić information content (AvgIpc) is 2.84. The average molecular weight is 428 g/mol. The van der Waals surface area contributed by atoms with E-state index in [2.05, 4.69) is 5.32 Å². The molecule has 0 aliphatic rings. The molecule has 0 fully saturated rings. The summed E-state index contributed by atoms with van der Waals surface area (Å²) >= 11 is 0. The van der Waals surface area contributed by atoms with Gasteiger partial charge in [0.25, 0.3) is 0 Å². The highest BCUT2D eigenvalue weighted by molar-refractivity contribution is 6.12. The van der Waals surface area contributed by atoms with Crippen LogP contribution in [0.1, 0.15) is 5.69 Å². The summed E-state index contributed by atoms with van der Waals surface area (Å²) < 4.78 is 0. The number of hydrogen-bond acceptors (Lipinski definition) is 6. The van der Waals surface area contributed by atoms with Gasteiger partial charge in [-0.15, -0.1) is 0 Å². The molecule has 6 heteroatoms. The molecule has 0 bridgehead atoms. The Labute approximate surface area is 190 Å². The van der Waals surface area contributed by atoms with E-state index in [-0.39, 0.29) is 0 Å². The lowest BCUT2D eigenvalue weighted by Gasteiger charge is -2.15. The van der Waals surface area contributed by atoms with Crippen LogP contribution in [-0.4, -0.2) is 19.9 Å². The van der Waals surface area contributed by atoms with E-state index in [0.717, 1.165) is 55.6 Å². The first-order chi connectivity index (χ1) is 16.2. The Hall–Kier alpha value is -4.58. The zero-order valence-electron chi connectivity index (χ0n) is 17.9. The highest BCUT2D eigenvalue weighted by Crippen LogP contribution is 2.35. The van der Waals surface area contributed by atoms with E-state index in [0.29, 0.717) is 11.5 Å². The molecular formula is C27H20N6. The number of rotatable bonds is 3. The Morgan fingerprint density at radius 3 is 2.12 bits per heavy atom. The Balaban J connectivity index is 1.70. The van der Waals surface area contributed by atoms with E-state index in [9.17, 15) is 0 Å². The van der Waals surface area contributed by atoms with Crippen molar-refractivity contribution in [1.82, 2.24) is 19.9 Å². The standard InChI is InChI=1S/C27H20N6/c1-16-24-25-22(31-20-13-7-8-14-21(20)32-25)15-23(30-19-12-6-5-11-18(19)28)26(24)33-27(29-16)17-9-3-2-4-10-17/h2-15,30H,28H2,1H3. The molecule has 0 amide bonds. The normalized spacial score (nSPS) is 11.3. The van der Waals surface area contributed by atoms with E-state index in [1.54, 1.807) is 0 Å². The van der Waals surface area contributed by atoms with E-state index in [1.165, 1.54) is 0 Å². The zero-order valence-corrected chi connectivity index (χ0v) is 17.9. The van der Waals surface area contributed by atoms with Gasteiger partial charge in [0.2, 0.25) is 0 Å². The van der Waals surface area contributed by atoms with Gasteiger partial charge in [-0.2, -0.15) is 0 Å². The molecule has 3 N–H and O–H groups in total. The second-order valence-electron chi connectivity index (χ2n) is 7.94. The number of hydrogen-bond donors (Lipinski definition) is 2. The predicted octanol–water partition coefficient (Wildman–Crippen LogP) is 6.03. The number of nitrogen functional groups attached to an aromatic ring is 1. The first-order valence-electron chi connectivity index (χ1n) is 10.7. The number of nitrogens with zero attached hydrogens (tertiary/aromatic N) is 4. The van der Waals surface area contributed by atoms with Crippen molar-refractivity contribution in [2.24, 2.45) is 0 Å². The third-order valence-electron chi connectivity index (χ3n) is 5.72. The summed E-state index contributed by atoms with van der Waals surface area (Å²) in [6.07, 6.45) is 0. The lowest BCUT2D eigenvalue weighted by atomic mass is 10.1. The molecule has 6 rings (SSSR count). The van der Waals surface area contributed by atoms with Crippen molar-refractivity contribution in [2.45, 2.75) is 6.92 Å². The van der Waals surface area contributed by atoms with Crippen molar-refractivity contribution in [2.75, 3.05) is 11.1 Å². The minimum Gasteiger partial charge on any atom is -0.397 e. The van der Waals surface area contributed by atoms with Crippen LogP contribution in [0.4, 0.5) is 17.1 Å². The second-order valence-corrected chi connectivity index (χ2v) is 7.94. The van der Waals surface area contributed by atoms with Crippen LogP contribution < -0.4 is 11.1 Å². The smallest absolute Gasteiger partial charge is 0.160 e. The quantitative estimate of drug-likeness (QED) is 0.203. The molecule has 2 heterocycles. The summed E-state index contributed by atoms with van der Waals surface area (Å²) in [6, 6.07) is 27.5. The fraction of sp³-hybridized carbons (Fsp3) is 0.0370. The summed E-state index contributed by atoms with van der Waals surface area (Å²) in [5.41, 5.74) is 14.3. The number of nitrogens with two attached hydrogens (primary N) is 1. The van der Waals surface area contributed by atoms with E-state index < -0.39 is 0 Å². The van der Waals surface area contributed by atoms with Crippen molar-refractivity contribution < 1.29 is 0 Å². The molecule has 0 saturated carbocycles. The van der Waals surface area contributed by atoms with Crippen molar-refractivity contribution in [3.63, 3.8) is 0 Å². The fourth-order valence-electron chi connectivity index (χ4n) is 4.12. The van der Waals surface area contributed by atoms with Gasteiger partial charge < -0.3 is 11.1 Å². The van der Waals surface area contributed by atoms with E-state index >= 15 is 0 Å². The molecule has 0 atom stereocenters. The van der Waals surface area contributed by atoms with Crippen LogP contribution in [0.15, 0.2) is 84.9 Å². The summed E-state index contributed by atoms with van der Waals surface area (Å²) in [7, 11) is 0. The van der Waals surface area contributed by atoms with E-state index in [4.69, 9.17) is 25.7 Å². The molecule has 0 saturated heterocycles. The number of anilines is 3. The minimum absolute atomic E-state index is 0.657. The maximum atomic E-state index is 6.23. The number of para-hydroxylation sites is 4. The van der Waals surface area contributed by atoms with Gasteiger partial charge in [-0.3, -0.25) is 0 Å². The monoisotopic (exact) mass is 428 g/mol. The van der Waals surface area contributed by atoms with Gasteiger partial charge in [0, 0.05) is 5.56 Å². The van der Waals surface area contributed by atoms with Gasteiger partial charge in [-0.25, -0.2) is 19.9 Å². The van der Waals surface area contributed by atoms with Crippen molar-refractivity contribution in [1.29, 1.82) is 0 Å². The second kappa shape index (κ2) is 7.53. The number of aryl methyl sites for hydroxylation is 1. The van der Waals surface area contributed by atoms with Crippen LogP contribution in [0, 0.1) is 6.92 Å². The van der Waals surface area contributed by atoms with Crippen LogP contribution in [0.3, 0.4) is 0 Å². The first-order valence-corrected chi connectivity index (χ1v) is 10.7. The maximum Gasteiger partial charge on any atom is 0.160 e. The molecule has 0 radical (unpaired) electrons. The topological polar surface area (TPSA) is 89.6 Å². The molecule has 33 heavy (non-hydrogen) atoms. The summed E-state index contributed by atoms with van der Waals surface area (Å²) in [5, 5.41) is 4.36. The highest BCUT2D eigenvalue weighted by atomic mass is 15.0. The summed E-state index contributed by atoms with van der Waals surface area (Å²) in [5.74, 6) is 0.665. The third kappa shape index (κ3) is 3.29. The van der Waals surface area contributed by atoms with Gasteiger partial charge in [-0.1, -0.05) is 54.6 Å². The Morgan fingerprint density at radius 1 is 0.636 bits per heavy atom. The predicted molar refractivity (Wildman–Crippen MR) is 134 cm³/mol. The molecule has 4 aromatic carbocycles. The molecule has 6 nitrogen and oxygen atoms in total. The lowest BCUT2D eigenvalue weighted by Crippen LogP contribution is -2.02. The Morgan fingerprint density at radius 2 is 1.33 bits per heavy atom. The first kappa shape index (κ1) is 19.1. The van der Waals surface area contributed by atoms with Crippen LogP contribution in [-0.2, 0) is 0 Å². The highest BCUT2D eigenvalue weighted by Gasteiger charge is 2.17. The molecular weight excluding hydrogens is 408 g/mol. The number of nitrogens with one attached hydrogen (secondary N) is 1. The molecule has 158 valence electrons. The SMILES string of the molecule is Cc1nc(-c2ccccc2)nc2c(Nc3ccccc3N)cc3nc4ccccc4nc3c12. The molecule has 2 aromatic heterocycles. The van der Waals surface area contributed by atoms with Gasteiger partial charge >= 0.3 is 0 Å². The maximum absolute atomic E-state index is 6.23. The lowest BCUT2D eigenvalue weighted by molar-refractivity contribution is 1.16. The van der Waals surface area contributed by atoms with Gasteiger partial charge in [0.15, 0.2) is 5.82 Å². The molecule has 0 spiro atoms. The molecule has 0 aliphatic heterocycles. The van der Waals surface area contributed by atoms with Crippen LogP contribution in [0.25, 0.3) is 44.4 Å². The zero-order chi connectivity index (χ0) is 22.4. The van der Waals surface area contributed by atoms with Gasteiger partial charge in [-0.05, 0) is 37.3 Å². The number of benzene rings is 4. The molecule has 0 aliphatic carbocycles. The largest absolute Gasteiger partial charge is 0.397 e. The number of fused-ring (bicyclic) bond motifs is 4. The van der Waals surface area contributed by atoms with Crippen molar-refractivity contribution >= 4 is 50.0 Å².